The average Bonchev–Trinajstić information content (AvgIpc) is 3.05. The Morgan fingerprint density at radius 3 is 2.34 bits per heavy atom. The summed E-state index contributed by atoms with van der Waals surface area (Å²) in [4.78, 5) is 11.1. The molecule has 3 rings (SSSR count). The van der Waals surface area contributed by atoms with Crippen LogP contribution in [0.2, 0.25) is 5.02 Å². The van der Waals surface area contributed by atoms with Crippen molar-refractivity contribution in [2.75, 3.05) is 6.61 Å². The summed E-state index contributed by atoms with van der Waals surface area (Å²) in [7, 11) is 1.98. The SMILES string of the molecule is CCOC(CCc1ccc(Cl)cc1)CC(=O)NO.Cc1nn(C)c(C)c1-c1ccccc1. The minimum Gasteiger partial charge on any atom is -0.378 e. The molecule has 32 heavy (non-hydrogen) atoms. The Morgan fingerprint density at radius 2 is 1.81 bits per heavy atom. The lowest BCUT2D eigenvalue weighted by Gasteiger charge is -2.15. The summed E-state index contributed by atoms with van der Waals surface area (Å²) in [5.41, 5.74) is 7.58. The van der Waals surface area contributed by atoms with E-state index in [-0.39, 0.29) is 12.5 Å². The summed E-state index contributed by atoms with van der Waals surface area (Å²) >= 11 is 5.81. The molecule has 6 nitrogen and oxygen atoms in total. The van der Waals surface area contributed by atoms with Crippen LogP contribution in [0.3, 0.4) is 0 Å². The fourth-order valence-corrected chi connectivity index (χ4v) is 3.63. The number of carbonyl (C=O) groups is 1. The standard InChI is InChI=1S/C13H18ClNO3.C12H14N2/c1-2-18-12(9-13(16)15-17)8-5-10-3-6-11(14)7-4-10;1-9-12(10(2)14(3)13-9)11-7-5-4-6-8-11/h3-4,6-7,12,17H,2,5,8-9H2,1H3,(H,15,16);4-8H,1-3H3. The highest BCUT2D eigenvalue weighted by atomic mass is 35.5. The fourth-order valence-electron chi connectivity index (χ4n) is 3.51. The molecule has 0 fully saturated rings. The number of hydrogen-bond donors (Lipinski definition) is 2. The van der Waals surface area contributed by atoms with Gasteiger partial charge in [0.1, 0.15) is 0 Å². The number of ether oxygens (including phenoxy) is 1. The Hall–Kier alpha value is -2.67. The first-order valence-electron chi connectivity index (χ1n) is 10.7. The maximum Gasteiger partial charge on any atom is 0.245 e. The molecule has 0 spiro atoms. The van der Waals surface area contributed by atoms with E-state index >= 15 is 0 Å². The van der Waals surface area contributed by atoms with E-state index in [1.165, 1.54) is 16.8 Å². The number of halogens is 1. The Labute approximate surface area is 195 Å². The molecule has 0 saturated carbocycles. The molecule has 0 aliphatic heterocycles. The number of nitrogens with one attached hydrogen (secondary N) is 1. The predicted molar refractivity (Wildman–Crippen MR) is 128 cm³/mol. The van der Waals surface area contributed by atoms with Crippen LogP contribution >= 0.6 is 11.6 Å². The van der Waals surface area contributed by atoms with Crippen molar-refractivity contribution in [2.24, 2.45) is 7.05 Å². The number of nitrogens with zero attached hydrogens (tertiary/aromatic N) is 2. The number of amides is 1. The highest BCUT2D eigenvalue weighted by molar-refractivity contribution is 6.30. The van der Waals surface area contributed by atoms with Gasteiger partial charge in [0, 0.05) is 29.9 Å². The van der Waals surface area contributed by atoms with E-state index in [1.54, 1.807) is 5.48 Å². The molecule has 3 aromatic rings. The van der Waals surface area contributed by atoms with E-state index in [0.29, 0.717) is 11.6 Å². The highest BCUT2D eigenvalue weighted by Crippen LogP contribution is 2.25. The highest BCUT2D eigenvalue weighted by Gasteiger charge is 2.13. The Kier molecular flexibility index (Phi) is 10.4. The van der Waals surface area contributed by atoms with Gasteiger partial charge in [-0.3, -0.25) is 14.7 Å². The number of carbonyl (C=O) groups excluding carboxylic acids is 1. The third-order valence-corrected chi connectivity index (χ3v) is 5.43. The Balaban J connectivity index is 0.000000233. The first-order valence-corrected chi connectivity index (χ1v) is 11.1. The van der Waals surface area contributed by atoms with E-state index in [1.807, 2.05) is 49.0 Å². The van der Waals surface area contributed by atoms with E-state index in [9.17, 15) is 4.79 Å². The summed E-state index contributed by atoms with van der Waals surface area (Å²) in [5, 5.41) is 13.6. The molecular weight excluding hydrogens is 426 g/mol. The lowest BCUT2D eigenvalue weighted by molar-refractivity contribution is -0.132. The fraction of sp³-hybridized carbons (Fsp3) is 0.360. The second kappa shape index (κ2) is 13.0. The largest absolute Gasteiger partial charge is 0.378 e. The molecule has 1 amide bonds. The van der Waals surface area contributed by atoms with Gasteiger partial charge in [-0.15, -0.1) is 0 Å². The number of aryl methyl sites for hydroxylation is 3. The van der Waals surface area contributed by atoms with Crippen LogP contribution in [-0.2, 0) is 23.0 Å². The van der Waals surface area contributed by atoms with Crippen LogP contribution in [0.5, 0.6) is 0 Å². The molecule has 1 atom stereocenters. The summed E-state index contributed by atoms with van der Waals surface area (Å²) in [6.45, 7) is 6.58. The molecular formula is C25H32ClN3O3. The maximum atomic E-state index is 11.1. The van der Waals surface area contributed by atoms with Gasteiger partial charge >= 0.3 is 0 Å². The van der Waals surface area contributed by atoms with Crippen LogP contribution in [0, 0.1) is 13.8 Å². The van der Waals surface area contributed by atoms with Crippen LogP contribution in [0.1, 0.15) is 36.7 Å². The molecule has 0 saturated heterocycles. The van der Waals surface area contributed by atoms with Crippen molar-refractivity contribution in [3.8, 4) is 11.1 Å². The van der Waals surface area contributed by atoms with Crippen LogP contribution in [0.15, 0.2) is 54.6 Å². The molecule has 0 bridgehead atoms. The average molecular weight is 458 g/mol. The van der Waals surface area contributed by atoms with E-state index < -0.39 is 5.91 Å². The summed E-state index contributed by atoms with van der Waals surface area (Å²) in [6, 6.07) is 18.0. The molecule has 2 N–H and O–H groups in total. The van der Waals surface area contributed by atoms with Crippen LogP contribution in [-0.4, -0.2) is 33.6 Å². The van der Waals surface area contributed by atoms with Gasteiger partial charge in [-0.25, -0.2) is 5.48 Å². The minimum atomic E-state index is -0.426. The summed E-state index contributed by atoms with van der Waals surface area (Å²) in [5.74, 6) is -0.426. The number of benzene rings is 2. The van der Waals surface area contributed by atoms with Gasteiger partial charge in [0.15, 0.2) is 0 Å². The van der Waals surface area contributed by atoms with Gasteiger partial charge in [-0.05, 0) is 56.9 Å². The first-order chi connectivity index (χ1) is 15.3. The van der Waals surface area contributed by atoms with Gasteiger partial charge in [0.25, 0.3) is 0 Å². The van der Waals surface area contributed by atoms with E-state index in [0.717, 1.165) is 24.1 Å². The first kappa shape index (κ1) is 25.6. The maximum absolute atomic E-state index is 11.1. The molecule has 7 heteroatoms. The lowest BCUT2D eigenvalue weighted by Crippen LogP contribution is -2.26. The second-order valence-corrected chi connectivity index (χ2v) is 7.95. The van der Waals surface area contributed by atoms with Crippen LogP contribution < -0.4 is 5.48 Å². The lowest BCUT2D eigenvalue weighted by atomic mass is 10.0. The molecule has 0 aliphatic rings. The monoisotopic (exact) mass is 457 g/mol. The number of aromatic nitrogens is 2. The third-order valence-electron chi connectivity index (χ3n) is 5.18. The smallest absolute Gasteiger partial charge is 0.245 e. The third kappa shape index (κ3) is 7.79. The van der Waals surface area contributed by atoms with Crippen molar-refractivity contribution in [2.45, 2.75) is 46.1 Å². The molecule has 2 aromatic carbocycles. The molecule has 172 valence electrons. The molecule has 1 heterocycles. The van der Waals surface area contributed by atoms with Crippen molar-refractivity contribution in [3.05, 3.63) is 76.6 Å². The molecule has 1 aromatic heterocycles. The zero-order valence-corrected chi connectivity index (χ0v) is 19.9. The van der Waals surface area contributed by atoms with E-state index in [4.69, 9.17) is 21.5 Å². The van der Waals surface area contributed by atoms with Crippen molar-refractivity contribution < 1.29 is 14.7 Å². The normalized spacial score (nSPS) is 11.4. The van der Waals surface area contributed by atoms with Gasteiger partial charge < -0.3 is 4.74 Å². The van der Waals surface area contributed by atoms with Crippen molar-refractivity contribution >= 4 is 17.5 Å². The molecule has 0 aliphatic carbocycles. The quantitative estimate of drug-likeness (QED) is 0.356. The number of hydrogen-bond acceptors (Lipinski definition) is 4. The second-order valence-electron chi connectivity index (χ2n) is 7.52. The van der Waals surface area contributed by atoms with Crippen molar-refractivity contribution in [1.82, 2.24) is 15.3 Å². The van der Waals surface area contributed by atoms with Gasteiger partial charge in [0.05, 0.1) is 18.2 Å². The zero-order valence-electron chi connectivity index (χ0n) is 19.1. The number of hydroxylamine groups is 1. The minimum absolute atomic E-state index is 0.165. The van der Waals surface area contributed by atoms with Gasteiger partial charge in [-0.1, -0.05) is 54.1 Å². The van der Waals surface area contributed by atoms with Crippen LogP contribution in [0.25, 0.3) is 11.1 Å². The van der Waals surface area contributed by atoms with Gasteiger partial charge in [0.2, 0.25) is 5.91 Å². The van der Waals surface area contributed by atoms with Crippen molar-refractivity contribution in [3.63, 3.8) is 0 Å². The summed E-state index contributed by atoms with van der Waals surface area (Å²) in [6.07, 6.45) is 1.51. The number of rotatable bonds is 8. The molecule has 1 unspecified atom stereocenters. The Morgan fingerprint density at radius 1 is 1.16 bits per heavy atom. The van der Waals surface area contributed by atoms with E-state index in [2.05, 4.69) is 43.2 Å². The Bertz CT molecular complexity index is 972. The van der Waals surface area contributed by atoms with Crippen LogP contribution in [0.4, 0.5) is 0 Å². The summed E-state index contributed by atoms with van der Waals surface area (Å²) < 4.78 is 7.39. The van der Waals surface area contributed by atoms with Crippen molar-refractivity contribution in [1.29, 1.82) is 0 Å². The topological polar surface area (TPSA) is 76.4 Å². The predicted octanol–water partition coefficient (Wildman–Crippen LogP) is 5.28. The molecule has 0 radical (unpaired) electrons. The zero-order chi connectivity index (χ0) is 23.5. The van der Waals surface area contributed by atoms with Gasteiger partial charge in [-0.2, -0.15) is 5.10 Å².